The molecule has 156 valence electrons. The summed E-state index contributed by atoms with van der Waals surface area (Å²) in [6.07, 6.45) is 4.99. The summed E-state index contributed by atoms with van der Waals surface area (Å²) in [5.74, 6) is 0. The normalized spacial score (nSPS) is 12.1. The molecule has 0 saturated carbocycles. The number of rotatable bonds is 4. The van der Waals surface area contributed by atoms with Gasteiger partial charge in [-0.2, -0.15) is 0 Å². The smallest absolute Gasteiger partial charge is 0.0619 e. The lowest BCUT2D eigenvalue weighted by molar-refractivity contribution is 1.20. The summed E-state index contributed by atoms with van der Waals surface area (Å²) in [5, 5.41) is 15.1. The average Bonchev–Trinajstić information content (AvgIpc) is 3.21. The molecule has 0 aliphatic carbocycles. The highest BCUT2D eigenvalue weighted by Gasteiger charge is 2.16. The Morgan fingerprint density at radius 2 is 1.45 bits per heavy atom. The number of aromatic nitrogens is 1. The molecule has 6 rings (SSSR count). The van der Waals surface area contributed by atoms with E-state index in [1.54, 1.807) is 6.08 Å². The molecule has 2 heteroatoms. The van der Waals surface area contributed by atoms with Crippen molar-refractivity contribution in [3.05, 3.63) is 121 Å². The monoisotopic (exact) mass is 422 g/mol. The van der Waals surface area contributed by atoms with E-state index >= 15 is 0 Å². The van der Waals surface area contributed by atoms with Crippen LogP contribution < -0.4 is 0 Å². The number of nitrogens with one attached hydrogen (secondary N) is 1. The molecular formula is C31H22N2. The van der Waals surface area contributed by atoms with E-state index in [1.807, 2.05) is 6.08 Å². The van der Waals surface area contributed by atoms with Gasteiger partial charge in [-0.1, -0.05) is 97.6 Å². The van der Waals surface area contributed by atoms with Crippen LogP contribution in [0.25, 0.3) is 54.6 Å². The zero-order chi connectivity index (χ0) is 22.4. The Balaban J connectivity index is 1.77. The van der Waals surface area contributed by atoms with Crippen molar-refractivity contribution < 1.29 is 0 Å². The molecule has 1 heterocycles. The summed E-state index contributed by atoms with van der Waals surface area (Å²) in [6, 6.07) is 34.6. The molecule has 1 aromatic heterocycles. The third kappa shape index (κ3) is 2.92. The number of fused-ring (bicyclic) bond motifs is 6. The highest BCUT2D eigenvalue weighted by Crippen LogP contribution is 2.38. The van der Waals surface area contributed by atoms with Crippen molar-refractivity contribution in [1.29, 1.82) is 5.41 Å². The minimum absolute atomic E-state index is 0.849. The Morgan fingerprint density at radius 1 is 0.697 bits per heavy atom. The molecule has 0 bridgehead atoms. The van der Waals surface area contributed by atoms with E-state index in [4.69, 9.17) is 5.41 Å². The summed E-state index contributed by atoms with van der Waals surface area (Å²) < 4.78 is 2.41. The number of hydrogen-bond acceptors (Lipinski definition) is 1. The molecule has 6 aromatic rings. The molecule has 0 fully saturated rings. The van der Waals surface area contributed by atoms with Gasteiger partial charge >= 0.3 is 0 Å². The maximum Gasteiger partial charge on any atom is 0.0619 e. The molecule has 0 spiro atoms. The summed E-state index contributed by atoms with van der Waals surface area (Å²) in [4.78, 5) is 0. The van der Waals surface area contributed by atoms with Gasteiger partial charge in [0.15, 0.2) is 0 Å². The maximum atomic E-state index is 7.79. The topological polar surface area (TPSA) is 28.8 Å². The van der Waals surface area contributed by atoms with Gasteiger partial charge in [-0.15, -0.1) is 0 Å². The molecule has 33 heavy (non-hydrogen) atoms. The van der Waals surface area contributed by atoms with E-state index in [0.717, 1.165) is 16.5 Å². The third-order valence-corrected chi connectivity index (χ3v) is 6.44. The highest BCUT2D eigenvalue weighted by molar-refractivity contribution is 6.20. The van der Waals surface area contributed by atoms with Crippen molar-refractivity contribution in [3.63, 3.8) is 0 Å². The van der Waals surface area contributed by atoms with Crippen molar-refractivity contribution in [2.24, 2.45) is 0 Å². The molecule has 0 saturated heterocycles. The zero-order valence-electron chi connectivity index (χ0n) is 18.1. The number of nitrogens with zero attached hydrogens (tertiary/aromatic N) is 1. The molecule has 0 atom stereocenters. The van der Waals surface area contributed by atoms with Crippen LogP contribution in [0.5, 0.6) is 0 Å². The van der Waals surface area contributed by atoms with Gasteiger partial charge in [-0.05, 0) is 40.1 Å². The first-order chi connectivity index (χ1) is 16.3. The van der Waals surface area contributed by atoms with Gasteiger partial charge in [-0.25, -0.2) is 0 Å². The van der Waals surface area contributed by atoms with Crippen LogP contribution in [-0.2, 0) is 0 Å². The first-order valence-electron chi connectivity index (χ1n) is 11.1. The quantitative estimate of drug-likeness (QED) is 0.219. The van der Waals surface area contributed by atoms with Crippen molar-refractivity contribution in [1.82, 2.24) is 4.57 Å². The zero-order valence-corrected chi connectivity index (χ0v) is 18.1. The summed E-state index contributed by atoms with van der Waals surface area (Å²) in [7, 11) is 0. The van der Waals surface area contributed by atoms with Crippen LogP contribution in [0.2, 0.25) is 0 Å². The van der Waals surface area contributed by atoms with Crippen molar-refractivity contribution in [3.8, 4) is 5.69 Å². The van der Waals surface area contributed by atoms with Crippen LogP contribution >= 0.6 is 0 Å². The molecule has 0 aliphatic heterocycles. The van der Waals surface area contributed by atoms with Crippen LogP contribution in [0.4, 0.5) is 0 Å². The van der Waals surface area contributed by atoms with Crippen LogP contribution in [0.3, 0.4) is 0 Å². The van der Waals surface area contributed by atoms with E-state index < -0.39 is 0 Å². The number of hydrogen-bond donors (Lipinski definition) is 1. The van der Waals surface area contributed by atoms with Gasteiger partial charge in [0.2, 0.25) is 0 Å². The van der Waals surface area contributed by atoms with Crippen LogP contribution in [-0.4, -0.2) is 10.8 Å². The van der Waals surface area contributed by atoms with E-state index in [1.165, 1.54) is 49.9 Å². The number of allylic oxidation sites excluding steroid dienone is 3. The molecule has 5 aromatic carbocycles. The Morgan fingerprint density at radius 3 is 2.30 bits per heavy atom. The van der Waals surface area contributed by atoms with Gasteiger partial charge in [0, 0.05) is 27.8 Å². The fourth-order valence-electron chi connectivity index (χ4n) is 4.98. The predicted octanol–water partition coefficient (Wildman–Crippen LogP) is 8.31. The molecule has 2 nitrogen and oxygen atoms in total. The van der Waals surface area contributed by atoms with Crippen molar-refractivity contribution in [2.75, 3.05) is 0 Å². The molecule has 0 amide bonds. The summed E-state index contributed by atoms with van der Waals surface area (Å²) >= 11 is 0. The van der Waals surface area contributed by atoms with Gasteiger partial charge in [-0.3, -0.25) is 0 Å². The fraction of sp³-hybridized carbons (Fsp3) is 0. The fourth-order valence-corrected chi connectivity index (χ4v) is 4.98. The minimum atomic E-state index is 0.849. The SMILES string of the molecule is C=C/C=C(\C=N)c1ccc2c(ccc3c4ccccc4n(-c4cccc5ccccc45)c23)c1. The van der Waals surface area contributed by atoms with E-state index in [9.17, 15) is 0 Å². The van der Waals surface area contributed by atoms with E-state index in [2.05, 4.69) is 108 Å². The molecule has 1 N–H and O–H groups in total. The van der Waals surface area contributed by atoms with Gasteiger partial charge < -0.3 is 9.98 Å². The first-order valence-corrected chi connectivity index (χ1v) is 11.1. The Labute approximate surface area is 192 Å². The molecule has 0 radical (unpaired) electrons. The summed E-state index contributed by atoms with van der Waals surface area (Å²) in [6.45, 7) is 3.79. The third-order valence-electron chi connectivity index (χ3n) is 6.44. The molecule has 0 unspecified atom stereocenters. The molecular weight excluding hydrogens is 400 g/mol. The second-order valence-corrected chi connectivity index (χ2v) is 8.25. The van der Waals surface area contributed by atoms with Crippen molar-refractivity contribution >= 4 is 55.1 Å². The Bertz CT molecular complexity index is 1740. The first kappa shape index (κ1) is 19.3. The highest BCUT2D eigenvalue weighted by atomic mass is 15.0. The minimum Gasteiger partial charge on any atom is -0.308 e. The van der Waals surface area contributed by atoms with E-state index in [-0.39, 0.29) is 0 Å². The van der Waals surface area contributed by atoms with Crippen LogP contribution in [0, 0.1) is 5.41 Å². The standard InChI is InChI=1S/C31H22N2/c1-2-8-24(20-32)22-15-17-26-23(19-22)16-18-28-27-12-5-6-13-30(27)33(31(26)28)29-14-7-10-21-9-3-4-11-25(21)29/h2-20,32H,1H2/b24-8+,32-20?. The number of para-hydroxylation sites is 1. The Kier molecular flexibility index (Phi) is 4.44. The molecule has 0 aliphatic rings. The van der Waals surface area contributed by atoms with Gasteiger partial charge in [0.05, 0.1) is 16.7 Å². The van der Waals surface area contributed by atoms with Crippen LogP contribution in [0.1, 0.15) is 5.56 Å². The lowest BCUT2D eigenvalue weighted by atomic mass is 9.99. The van der Waals surface area contributed by atoms with E-state index in [0.29, 0.717) is 0 Å². The van der Waals surface area contributed by atoms with Gasteiger partial charge in [0.1, 0.15) is 0 Å². The lowest BCUT2D eigenvalue weighted by Gasteiger charge is -2.13. The predicted molar refractivity (Wildman–Crippen MR) is 143 cm³/mol. The largest absolute Gasteiger partial charge is 0.308 e. The average molecular weight is 423 g/mol. The summed E-state index contributed by atoms with van der Waals surface area (Å²) in [5.41, 5.74) is 5.46. The van der Waals surface area contributed by atoms with Crippen LogP contribution in [0.15, 0.2) is 116 Å². The second-order valence-electron chi connectivity index (χ2n) is 8.25. The van der Waals surface area contributed by atoms with Gasteiger partial charge in [0.25, 0.3) is 0 Å². The second kappa shape index (κ2) is 7.61. The van der Waals surface area contributed by atoms with Crippen molar-refractivity contribution in [2.45, 2.75) is 0 Å². The Hall–Kier alpha value is -4.43. The lowest BCUT2D eigenvalue weighted by Crippen LogP contribution is -1.96. The maximum absolute atomic E-state index is 7.79. The number of benzene rings is 5.